The number of rotatable bonds is 11. The maximum Gasteiger partial charge on any atom is 0.0619 e. The molecule has 0 aromatic heterocycles. The van der Waals surface area contributed by atoms with E-state index in [2.05, 4.69) is 325 Å². The van der Waals surface area contributed by atoms with Gasteiger partial charge in [0, 0.05) is 43.8 Å². The fourth-order valence-corrected chi connectivity index (χ4v) is 12.1. The third-order valence-electron chi connectivity index (χ3n) is 15.4. The molecule has 0 aliphatic heterocycles. The standard InChI is InChI=1S/C76H52N2/c1-5-29-53(30-6-1)57-37-21-25-49-69(57)77(70-50-26-22-38-58(70)54-31-7-2-8-32-54)75-65-45-17-13-41-61(65)73(62-42-14-18-46-66(62)75)74-63-43-15-19-47-67(63)76(68-48-20-16-44-64(68)74)78(71-51-27-23-39-59(71)55-33-9-3-10-34-55)72-52-28-24-40-60(72)56-35-11-4-12-36-56/h1-52H. The van der Waals surface area contributed by atoms with E-state index in [0.717, 1.165) is 100 Å². The second kappa shape index (κ2) is 20.1. The molecule has 366 valence electrons. The minimum absolute atomic E-state index is 1.10. The third-order valence-corrected chi connectivity index (χ3v) is 15.4. The highest BCUT2D eigenvalue weighted by Crippen LogP contribution is 2.56. The van der Waals surface area contributed by atoms with E-state index in [9.17, 15) is 0 Å². The molecule has 14 aromatic rings. The van der Waals surface area contributed by atoms with Gasteiger partial charge in [0.15, 0.2) is 0 Å². The third kappa shape index (κ3) is 7.98. The highest BCUT2D eigenvalue weighted by molar-refractivity contribution is 6.31. The summed E-state index contributed by atoms with van der Waals surface area (Å²) in [5.41, 5.74) is 18.3. The number of fused-ring (bicyclic) bond motifs is 4. The van der Waals surface area contributed by atoms with Crippen molar-refractivity contribution in [2.24, 2.45) is 0 Å². The molecule has 0 atom stereocenters. The van der Waals surface area contributed by atoms with E-state index < -0.39 is 0 Å². The van der Waals surface area contributed by atoms with Crippen LogP contribution in [0.4, 0.5) is 34.1 Å². The molecular formula is C76H52N2. The molecule has 0 fully saturated rings. The van der Waals surface area contributed by atoms with Gasteiger partial charge in [0.05, 0.1) is 34.1 Å². The van der Waals surface area contributed by atoms with Crippen LogP contribution in [0.3, 0.4) is 0 Å². The second-order valence-corrected chi connectivity index (χ2v) is 19.8. The lowest BCUT2D eigenvalue weighted by atomic mass is 9.84. The summed E-state index contributed by atoms with van der Waals surface area (Å²) in [4.78, 5) is 5.09. The van der Waals surface area contributed by atoms with Gasteiger partial charge in [0.25, 0.3) is 0 Å². The van der Waals surface area contributed by atoms with Gasteiger partial charge in [-0.15, -0.1) is 0 Å². The summed E-state index contributed by atoms with van der Waals surface area (Å²) < 4.78 is 0. The van der Waals surface area contributed by atoms with Crippen molar-refractivity contribution >= 4 is 77.2 Å². The Morgan fingerprint density at radius 3 is 0.564 bits per heavy atom. The van der Waals surface area contributed by atoms with Crippen LogP contribution in [0.1, 0.15) is 0 Å². The summed E-state index contributed by atoms with van der Waals surface area (Å²) in [5.74, 6) is 0. The van der Waals surface area contributed by atoms with Crippen LogP contribution in [0.15, 0.2) is 315 Å². The molecule has 2 heteroatoms. The molecule has 0 spiro atoms. The number of para-hydroxylation sites is 4. The SMILES string of the molecule is c1ccc(-c2ccccc2N(c2ccccc2-c2ccccc2)c2c3ccccc3c(-c3c4ccccc4c(N(c4ccccc4-c4ccccc4)c4ccccc4-c4ccccc4)c4ccccc34)c3ccccc23)cc1. The lowest BCUT2D eigenvalue weighted by Gasteiger charge is -2.34. The number of anilines is 6. The van der Waals surface area contributed by atoms with Crippen molar-refractivity contribution < 1.29 is 0 Å². The molecule has 0 radical (unpaired) electrons. The van der Waals surface area contributed by atoms with E-state index >= 15 is 0 Å². The van der Waals surface area contributed by atoms with Crippen molar-refractivity contribution in [3.05, 3.63) is 315 Å². The largest absolute Gasteiger partial charge is 0.308 e. The van der Waals surface area contributed by atoms with Crippen molar-refractivity contribution in [3.63, 3.8) is 0 Å². The molecule has 0 aliphatic rings. The Labute approximate surface area is 455 Å². The van der Waals surface area contributed by atoms with E-state index in [1.807, 2.05) is 0 Å². The Balaban J connectivity index is 1.10. The Hall–Kier alpha value is -10.3. The van der Waals surface area contributed by atoms with Crippen LogP contribution in [-0.4, -0.2) is 0 Å². The topological polar surface area (TPSA) is 6.48 Å². The normalized spacial score (nSPS) is 11.3. The zero-order chi connectivity index (χ0) is 51.8. The molecule has 0 saturated carbocycles. The minimum atomic E-state index is 1.10. The minimum Gasteiger partial charge on any atom is -0.308 e. The van der Waals surface area contributed by atoms with Gasteiger partial charge in [-0.2, -0.15) is 0 Å². The quantitative estimate of drug-likeness (QED) is 0.119. The van der Waals surface area contributed by atoms with Gasteiger partial charge < -0.3 is 9.80 Å². The van der Waals surface area contributed by atoms with Gasteiger partial charge in [-0.3, -0.25) is 0 Å². The zero-order valence-corrected chi connectivity index (χ0v) is 42.9. The molecule has 2 nitrogen and oxygen atoms in total. The van der Waals surface area contributed by atoms with Gasteiger partial charge >= 0.3 is 0 Å². The van der Waals surface area contributed by atoms with Crippen molar-refractivity contribution in [2.75, 3.05) is 9.80 Å². The predicted molar refractivity (Wildman–Crippen MR) is 333 cm³/mol. The average molecular weight is 993 g/mol. The van der Waals surface area contributed by atoms with E-state index in [0.29, 0.717) is 0 Å². The van der Waals surface area contributed by atoms with Crippen LogP contribution in [-0.2, 0) is 0 Å². The molecular weight excluding hydrogens is 941 g/mol. The fourth-order valence-electron chi connectivity index (χ4n) is 12.1. The molecule has 0 N–H and O–H groups in total. The summed E-state index contributed by atoms with van der Waals surface area (Å²) in [6, 6.07) is 115. The van der Waals surface area contributed by atoms with Crippen LogP contribution in [0.5, 0.6) is 0 Å². The monoisotopic (exact) mass is 992 g/mol. The lowest BCUT2D eigenvalue weighted by molar-refractivity contribution is 1.31. The van der Waals surface area contributed by atoms with Gasteiger partial charge in [-0.1, -0.05) is 291 Å². The van der Waals surface area contributed by atoms with Crippen LogP contribution >= 0.6 is 0 Å². The Morgan fingerprint density at radius 2 is 0.333 bits per heavy atom. The van der Waals surface area contributed by atoms with E-state index in [-0.39, 0.29) is 0 Å². The van der Waals surface area contributed by atoms with E-state index in [4.69, 9.17) is 0 Å². The van der Waals surface area contributed by atoms with Crippen molar-refractivity contribution in [1.82, 2.24) is 0 Å². The van der Waals surface area contributed by atoms with Gasteiger partial charge in [-0.25, -0.2) is 0 Å². The van der Waals surface area contributed by atoms with Crippen LogP contribution in [0, 0.1) is 0 Å². The number of hydrogen-bond acceptors (Lipinski definition) is 2. The number of hydrogen-bond donors (Lipinski definition) is 0. The molecule has 14 rings (SSSR count). The van der Waals surface area contributed by atoms with E-state index in [1.54, 1.807) is 0 Å². The fraction of sp³-hybridized carbons (Fsp3) is 0. The molecule has 0 bridgehead atoms. The second-order valence-electron chi connectivity index (χ2n) is 19.8. The predicted octanol–water partition coefficient (Wildman–Crippen LogP) is 21.6. The molecule has 0 amide bonds. The Kier molecular flexibility index (Phi) is 11.9. The van der Waals surface area contributed by atoms with Crippen LogP contribution < -0.4 is 9.80 Å². The summed E-state index contributed by atoms with van der Waals surface area (Å²) in [7, 11) is 0. The smallest absolute Gasteiger partial charge is 0.0619 e. The maximum absolute atomic E-state index is 2.55. The average Bonchev–Trinajstić information content (AvgIpc) is 3.60. The summed E-state index contributed by atoms with van der Waals surface area (Å²) >= 11 is 0. The number of nitrogens with zero attached hydrogens (tertiary/aromatic N) is 2. The molecule has 78 heavy (non-hydrogen) atoms. The van der Waals surface area contributed by atoms with Gasteiger partial charge in [0.1, 0.15) is 0 Å². The van der Waals surface area contributed by atoms with Gasteiger partial charge in [-0.05, 0) is 79.2 Å². The van der Waals surface area contributed by atoms with Crippen LogP contribution in [0.2, 0.25) is 0 Å². The van der Waals surface area contributed by atoms with Crippen LogP contribution in [0.25, 0.3) is 98.7 Å². The maximum atomic E-state index is 2.55. The van der Waals surface area contributed by atoms with Crippen molar-refractivity contribution in [3.8, 4) is 55.6 Å². The lowest BCUT2D eigenvalue weighted by Crippen LogP contribution is -2.14. The first-order valence-corrected chi connectivity index (χ1v) is 26.9. The summed E-state index contributed by atoms with van der Waals surface area (Å²) in [5, 5.41) is 9.33. The Morgan fingerprint density at radius 1 is 0.154 bits per heavy atom. The van der Waals surface area contributed by atoms with E-state index in [1.165, 1.54) is 32.7 Å². The first-order chi connectivity index (χ1) is 38.8. The molecule has 0 unspecified atom stereocenters. The van der Waals surface area contributed by atoms with Crippen molar-refractivity contribution in [2.45, 2.75) is 0 Å². The zero-order valence-electron chi connectivity index (χ0n) is 42.9. The Bertz CT molecular complexity index is 3920. The van der Waals surface area contributed by atoms with Gasteiger partial charge in [0.2, 0.25) is 0 Å². The molecule has 0 aliphatic carbocycles. The molecule has 14 aromatic carbocycles. The first kappa shape index (κ1) is 46.3. The highest BCUT2D eigenvalue weighted by Gasteiger charge is 2.30. The first-order valence-electron chi connectivity index (χ1n) is 26.9. The van der Waals surface area contributed by atoms with Crippen molar-refractivity contribution in [1.29, 1.82) is 0 Å². The summed E-state index contributed by atoms with van der Waals surface area (Å²) in [6.45, 7) is 0. The highest BCUT2D eigenvalue weighted by atomic mass is 15.2. The molecule has 0 saturated heterocycles. The summed E-state index contributed by atoms with van der Waals surface area (Å²) in [6.07, 6.45) is 0. The number of benzene rings is 14. The molecule has 0 heterocycles.